The molecule has 0 radical (unpaired) electrons. The second-order valence-corrected chi connectivity index (χ2v) is 20.5. The Kier molecular flexibility index (Phi) is 18.6. The van der Waals surface area contributed by atoms with Crippen molar-refractivity contribution < 1.29 is 25.9 Å². The van der Waals surface area contributed by atoms with E-state index in [-0.39, 0.29) is 70.2 Å². The molecule has 8 rings (SSSR count). The molecule has 0 saturated heterocycles. The standard InChI is InChI=1S/C46H34N6O6S6.2Na.2H/c53-63(54,55)39-27-33(47-41-29-43(59-35-13-5-1-6-14-35)51-45(49-41)61-37-17-9-3-10-18-37)25-23-31(39)21-22-32-24-26-34(28-40(32)64(56,57)58)48-42-30-44(60-36-15-7-2-8-16-36)52-46(50-42)62-38-19-11-4-12-20-38;;;;/h1-30H,(H,47,49,51)(H,48,50,52)(H,53,54,55)(H,56,57,58);;;;. The van der Waals surface area contributed by atoms with E-state index in [0.717, 1.165) is 19.6 Å². The van der Waals surface area contributed by atoms with E-state index in [1.165, 1.54) is 83.5 Å². The topological polar surface area (TPSA) is 184 Å². The second-order valence-electron chi connectivity index (χ2n) is 13.4. The molecule has 324 valence electrons. The predicted octanol–water partition coefficient (Wildman–Crippen LogP) is 10.7. The van der Waals surface area contributed by atoms with Gasteiger partial charge in [0.25, 0.3) is 20.2 Å². The zero-order valence-corrected chi connectivity index (χ0v) is 38.0. The predicted molar refractivity (Wildman–Crippen MR) is 269 cm³/mol. The molecular formula is C46H36N6Na2O6S6. The Morgan fingerprint density at radius 3 is 1.05 bits per heavy atom. The van der Waals surface area contributed by atoms with Crippen molar-refractivity contribution in [1.82, 2.24) is 19.9 Å². The molecule has 0 amide bonds. The van der Waals surface area contributed by atoms with Crippen molar-refractivity contribution in [2.24, 2.45) is 0 Å². The van der Waals surface area contributed by atoms with Gasteiger partial charge in [0.1, 0.15) is 31.5 Å². The number of benzene rings is 6. The van der Waals surface area contributed by atoms with Crippen molar-refractivity contribution in [1.29, 1.82) is 0 Å². The molecule has 66 heavy (non-hydrogen) atoms. The van der Waals surface area contributed by atoms with Gasteiger partial charge in [-0.2, -0.15) is 16.8 Å². The summed E-state index contributed by atoms with van der Waals surface area (Å²) in [5.41, 5.74) is 0.689. The first kappa shape index (κ1) is 51.4. The van der Waals surface area contributed by atoms with Crippen LogP contribution in [0.25, 0.3) is 12.2 Å². The van der Waals surface area contributed by atoms with Gasteiger partial charge in [-0.3, -0.25) is 9.11 Å². The Morgan fingerprint density at radius 2 is 0.727 bits per heavy atom. The summed E-state index contributed by atoms with van der Waals surface area (Å²) >= 11 is 5.60. The summed E-state index contributed by atoms with van der Waals surface area (Å²) in [7, 11) is -9.61. The number of nitrogens with one attached hydrogen (secondary N) is 2. The van der Waals surface area contributed by atoms with E-state index in [0.29, 0.717) is 43.4 Å². The maximum absolute atomic E-state index is 12.8. The number of hydrogen-bond donors (Lipinski definition) is 4. The summed E-state index contributed by atoms with van der Waals surface area (Å²) in [6.07, 6.45) is 2.67. The molecule has 0 unspecified atom stereocenters. The van der Waals surface area contributed by atoms with Gasteiger partial charge in [0.05, 0.1) is 0 Å². The fourth-order valence-electron chi connectivity index (χ4n) is 5.96. The van der Waals surface area contributed by atoms with Crippen LogP contribution >= 0.6 is 47.0 Å². The van der Waals surface area contributed by atoms with Gasteiger partial charge in [0.2, 0.25) is 0 Å². The van der Waals surface area contributed by atoms with Crippen LogP contribution in [0.5, 0.6) is 0 Å². The molecule has 0 aliphatic heterocycles. The zero-order chi connectivity index (χ0) is 44.5. The SMILES string of the molecule is O=S(=O)(O)c1cc(Nc2cc(Sc3ccccc3)nc(Sc3ccccc3)n2)ccc1C=Cc1ccc(Nc2cc(Sc3ccccc3)nc(Sc3ccccc3)n2)cc1S(=O)(=O)O.[NaH].[NaH]. The fraction of sp³-hybridized carbons (Fsp3) is 0. The molecular weight excluding hydrogens is 971 g/mol. The second kappa shape index (κ2) is 23.9. The molecule has 0 bridgehead atoms. The molecule has 0 fully saturated rings. The third kappa shape index (κ3) is 14.8. The molecule has 4 N–H and O–H groups in total. The first-order chi connectivity index (χ1) is 30.9. The third-order valence-electron chi connectivity index (χ3n) is 8.77. The van der Waals surface area contributed by atoms with E-state index in [2.05, 4.69) is 20.6 Å². The summed E-state index contributed by atoms with van der Waals surface area (Å²) in [5.74, 6) is 0.754. The number of hydrogen-bond acceptors (Lipinski definition) is 14. The average molecular weight is 1010 g/mol. The molecule has 0 spiro atoms. The Morgan fingerprint density at radius 1 is 0.409 bits per heavy atom. The van der Waals surface area contributed by atoms with Crippen molar-refractivity contribution in [3.8, 4) is 0 Å². The van der Waals surface area contributed by atoms with Crippen LogP contribution in [0.3, 0.4) is 0 Å². The minimum atomic E-state index is -4.80. The quantitative estimate of drug-likeness (QED) is 0.0235. The van der Waals surface area contributed by atoms with Gasteiger partial charge in [0.15, 0.2) is 10.3 Å². The first-order valence-corrected chi connectivity index (χ1v) is 25.2. The van der Waals surface area contributed by atoms with Crippen LogP contribution in [0, 0.1) is 0 Å². The van der Waals surface area contributed by atoms with Crippen molar-refractivity contribution in [3.05, 3.63) is 181 Å². The molecule has 2 aromatic heterocycles. The van der Waals surface area contributed by atoms with E-state index < -0.39 is 30.0 Å². The Bertz CT molecular complexity index is 2850. The van der Waals surface area contributed by atoms with Crippen LogP contribution in [0.1, 0.15) is 11.1 Å². The van der Waals surface area contributed by atoms with Crippen LogP contribution in [0.4, 0.5) is 23.0 Å². The Labute approximate surface area is 443 Å². The van der Waals surface area contributed by atoms with E-state index in [9.17, 15) is 25.9 Å². The summed E-state index contributed by atoms with van der Waals surface area (Å²) in [4.78, 5) is 21.7. The molecule has 12 nitrogen and oxygen atoms in total. The van der Waals surface area contributed by atoms with Crippen molar-refractivity contribution in [3.63, 3.8) is 0 Å². The maximum atomic E-state index is 12.8. The third-order valence-corrected chi connectivity index (χ3v) is 14.2. The van der Waals surface area contributed by atoms with Crippen molar-refractivity contribution in [2.75, 3.05) is 10.6 Å². The first-order valence-electron chi connectivity index (χ1n) is 19.0. The van der Waals surface area contributed by atoms with Gasteiger partial charge < -0.3 is 10.6 Å². The van der Waals surface area contributed by atoms with Crippen LogP contribution in [0.2, 0.25) is 0 Å². The van der Waals surface area contributed by atoms with Gasteiger partial charge >= 0.3 is 59.1 Å². The summed E-state index contributed by atoms with van der Waals surface area (Å²) in [6, 6.07) is 50.7. The fourth-order valence-corrected chi connectivity index (χ4v) is 10.8. The minimum absolute atomic E-state index is 0. The summed E-state index contributed by atoms with van der Waals surface area (Å²) in [6.45, 7) is 0. The van der Waals surface area contributed by atoms with Crippen LogP contribution in [-0.4, -0.2) is 105 Å². The molecule has 2 heterocycles. The molecule has 20 heteroatoms. The molecule has 0 atom stereocenters. The van der Waals surface area contributed by atoms with Crippen molar-refractivity contribution in [2.45, 2.75) is 49.7 Å². The molecule has 0 aliphatic carbocycles. The number of nitrogens with zero attached hydrogens (tertiary/aromatic N) is 4. The van der Waals surface area contributed by atoms with Crippen molar-refractivity contribution >= 4 is 162 Å². The average Bonchev–Trinajstić information content (AvgIpc) is 3.27. The van der Waals surface area contributed by atoms with E-state index >= 15 is 0 Å². The van der Waals surface area contributed by atoms with Crippen LogP contribution in [0.15, 0.2) is 220 Å². The molecule has 0 aliphatic rings. The number of anilines is 4. The van der Waals surface area contributed by atoms with Gasteiger partial charge in [0, 0.05) is 43.1 Å². The van der Waals surface area contributed by atoms with Gasteiger partial charge in [-0.05, 0) is 107 Å². The zero-order valence-electron chi connectivity index (χ0n) is 33.1. The summed E-state index contributed by atoms with van der Waals surface area (Å²) in [5, 5.41) is 8.49. The van der Waals surface area contributed by atoms with E-state index in [1.807, 2.05) is 121 Å². The van der Waals surface area contributed by atoms with E-state index in [4.69, 9.17) is 9.97 Å². The Hall–Kier alpha value is -3.96. The van der Waals surface area contributed by atoms with Crippen LogP contribution < -0.4 is 10.6 Å². The number of aromatic nitrogens is 4. The monoisotopic (exact) mass is 1010 g/mol. The number of rotatable bonds is 16. The molecule has 8 aromatic rings. The van der Waals surface area contributed by atoms with Gasteiger partial charge in [-0.1, -0.05) is 121 Å². The normalized spacial score (nSPS) is 11.4. The Balaban J connectivity index is 0.00000360. The summed E-state index contributed by atoms with van der Waals surface area (Å²) < 4.78 is 71.9. The molecule has 0 saturated carbocycles. The van der Waals surface area contributed by atoms with Crippen LogP contribution in [-0.2, 0) is 20.2 Å². The van der Waals surface area contributed by atoms with E-state index in [1.54, 1.807) is 24.3 Å². The van der Waals surface area contributed by atoms with Gasteiger partial charge in [-0.15, -0.1) is 0 Å². The molecule has 6 aromatic carbocycles. The van der Waals surface area contributed by atoms with Gasteiger partial charge in [-0.25, -0.2) is 19.9 Å².